The van der Waals surface area contributed by atoms with Crippen LogP contribution in [0.2, 0.25) is 0 Å². The minimum absolute atomic E-state index is 0.0623. The fourth-order valence-corrected chi connectivity index (χ4v) is 1.25. The Morgan fingerprint density at radius 1 is 1.67 bits per heavy atom. The first kappa shape index (κ1) is 9.45. The van der Waals surface area contributed by atoms with Crippen LogP contribution < -0.4 is 0 Å². The maximum absolute atomic E-state index is 10.4. The maximum atomic E-state index is 10.4. The van der Waals surface area contributed by atoms with E-state index in [0.717, 1.165) is 5.69 Å². The first-order valence-electron chi connectivity index (χ1n) is 4.43. The van der Waals surface area contributed by atoms with Crippen LogP contribution in [0.3, 0.4) is 0 Å². The highest BCUT2D eigenvalue weighted by molar-refractivity contribution is 5.69. The van der Waals surface area contributed by atoms with Crippen LogP contribution >= 0.6 is 0 Å². The lowest BCUT2D eigenvalue weighted by Crippen LogP contribution is -2.01. The molecule has 0 aliphatic rings. The molecule has 0 bridgehead atoms. The lowest BCUT2D eigenvalue weighted by atomic mass is 10.3. The Bertz CT molecular complexity index is 486. The highest BCUT2D eigenvalue weighted by Gasteiger charge is 2.06. The van der Waals surface area contributed by atoms with Crippen molar-refractivity contribution in [2.75, 3.05) is 0 Å². The smallest absolute Gasteiger partial charge is 0.309 e. The number of aromatic amines is 1. The van der Waals surface area contributed by atoms with Gasteiger partial charge in [0, 0.05) is 11.9 Å². The minimum Gasteiger partial charge on any atom is -0.481 e. The molecule has 2 heterocycles. The Morgan fingerprint density at radius 3 is 3.07 bits per heavy atom. The summed E-state index contributed by atoms with van der Waals surface area (Å²) in [6.45, 7) is 1.87. The maximum Gasteiger partial charge on any atom is 0.309 e. The molecule has 0 saturated carbocycles. The molecule has 78 valence electrons. The number of nitrogens with one attached hydrogen (secondary N) is 1. The highest BCUT2D eigenvalue weighted by Crippen LogP contribution is 2.04. The predicted octanol–water partition coefficient (Wildman–Crippen LogP) is 0.531. The zero-order chi connectivity index (χ0) is 10.8. The van der Waals surface area contributed by atoms with Gasteiger partial charge in [-0.1, -0.05) is 0 Å². The number of imidazole rings is 1. The number of hydrogen-bond acceptors (Lipinski definition) is 3. The molecule has 0 aromatic carbocycles. The second-order valence-corrected chi connectivity index (χ2v) is 3.20. The SMILES string of the molecule is Cc1ccn(-c2ncc(CC(=O)O)[nH]2)n1. The second kappa shape index (κ2) is 3.56. The van der Waals surface area contributed by atoms with Gasteiger partial charge in [0.1, 0.15) is 0 Å². The summed E-state index contributed by atoms with van der Waals surface area (Å²) in [5.74, 6) is -0.360. The van der Waals surface area contributed by atoms with Gasteiger partial charge in [-0.15, -0.1) is 0 Å². The average Bonchev–Trinajstić information content (AvgIpc) is 2.72. The normalized spacial score (nSPS) is 10.5. The van der Waals surface area contributed by atoms with Crippen molar-refractivity contribution in [1.29, 1.82) is 0 Å². The van der Waals surface area contributed by atoms with Crippen LogP contribution in [-0.2, 0) is 11.2 Å². The summed E-state index contributed by atoms with van der Waals surface area (Å²) in [6, 6.07) is 1.85. The largest absolute Gasteiger partial charge is 0.481 e. The molecule has 2 N–H and O–H groups in total. The summed E-state index contributed by atoms with van der Waals surface area (Å²) < 4.78 is 1.57. The first-order chi connectivity index (χ1) is 7.15. The van der Waals surface area contributed by atoms with Crippen LogP contribution in [0, 0.1) is 6.92 Å². The van der Waals surface area contributed by atoms with E-state index in [2.05, 4.69) is 15.1 Å². The van der Waals surface area contributed by atoms with Crippen molar-refractivity contribution in [3.05, 3.63) is 29.8 Å². The van der Waals surface area contributed by atoms with Gasteiger partial charge in [-0.25, -0.2) is 9.67 Å². The number of aromatic nitrogens is 4. The number of rotatable bonds is 3. The molecule has 0 unspecified atom stereocenters. The molecule has 6 nitrogen and oxygen atoms in total. The van der Waals surface area contributed by atoms with Crippen LogP contribution in [0.25, 0.3) is 5.95 Å². The first-order valence-corrected chi connectivity index (χ1v) is 4.43. The van der Waals surface area contributed by atoms with Gasteiger partial charge in [0.15, 0.2) is 0 Å². The summed E-state index contributed by atoms with van der Waals surface area (Å²) >= 11 is 0. The van der Waals surface area contributed by atoms with Gasteiger partial charge >= 0.3 is 5.97 Å². The van der Waals surface area contributed by atoms with Gasteiger partial charge in [-0.2, -0.15) is 5.10 Å². The molecule has 6 heteroatoms. The van der Waals surface area contributed by atoms with E-state index in [-0.39, 0.29) is 6.42 Å². The minimum atomic E-state index is -0.887. The number of aryl methyl sites for hydroxylation is 1. The zero-order valence-electron chi connectivity index (χ0n) is 8.14. The summed E-state index contributed by atoms with van der Waals surface area (Å²) in [4.78, 5) is 17.4. The molecule has 0 amide bonds. The average molecular weight is 206 g/mol. The van der Waals surface area contributed by atoms with Crippen molar-refractivity contribution >= 4 is 5.97 Å². The fourth-order valence-electron chi connectivity index (χ4n) is 1.25. The molecular weight excluding hydrogens is 196 g/mol. The van der Waals surface area contributed by atoms with Crippen LogP contribution in [0.1, 0.15) is 11.4 Å². The van der Waals surface area contributed by atoms with Crippen molar-refractivity contribution in [1.82, 2.24) is 19.7 Å². The summed E-state index contributed by atoms with van der Waals surface area (Å²) in [6.07, 6.45) is 3.20. The van der Waals surface area contributed by atoms with Crippen molar-refractivity contribution < 1.29 is 9.90 Å². The molecule has 2 rings (SSSR count). The van der Waals surface area contributed by atoms with E-state index in [4.69, 9.17) is 5.11 Å². The standard InChI is InChI=1S/C9H10N4O2/c1-6-2-3-13(12-6)9-10-5-7(11-9)4-8(14)15/h2-3,5H,4H2,1H3,(H,10,11)(H,14,15). The second-order valence-electron chi connectivity index (χ2n) is 3.20. The van der Waals surface area contributed by atoms with Gasteiger partial charge in [-0.3, -0.25) is 4.79 Å². The van der Waals surface area contributed by atoms with Crippen LogP contribution in [0.15, 0.2) is 18.5 Å². The topological polar surface area (TPSA) is 83.8 Å². The third-order valence-electron chi connectivity index (χ3n) is 1.90. The molecule has 0 radical (unpaired) electrons. The van der Waals surface area contributed by atoms with Crippen LogP contribution in [0.4, 0.5) is 0 Å². The van der Waals surface area contributed by atoms with Crippen molar-refractivity contribution in [2.45, 2.75) is 13.3 Å². The Morgan fingerprint density at radius 2 is 2.47 bits per heavy atom. The monoisotopic (exact) mass is 206 g/mol. The number of carboxylic acids is 1. The Labute approximate surface area is 85.6 Å². The van der Waals surface area contributed by atoms with E-state index in [9.17, 15) is 4.79 Å². The number of H-pyrrole nitrogens is 1. The lowest BCUT2D eigenvalue weighted by Gasteiger charge is -1.94. The van der Waals surface area contributed by atoms with E-state index in [1.54, 1.807) is 10.9 Å². The number of carboxylic acid groups (broad SMARTS) is 1. The summed E-state index contributed by atoms with van der Waals surface area (Å²) in [7, 11) is 0. The van der Waals surface area contributed by atoms with Gasteiger partial charge < -0.3 is 10.1 Å². The van der Waals surface area contributed by atoms with Gasteiger partial charge in [-0.05, 0) is 13.0 Å². The molecule has 0 saturated heterocycles. The number of carbonyl (C=O) groups is 1. The van der Waals surface area contributed by atoms with Crippen molar-refractivity contribution in [3.8, 4) is 5.95 Å². The van der Waals surface area contributed by atoms with E-state index < -0.39 is 5.97 Å². The summed E-state index contributed by atoms with van der Waals surface area (Å²) in [5.41, 5.74) is 1.44. The van der Waals surface area contributed by atoms with Gasteiger partial charge in [0.25, 0.3) is 0 Å². The molecule has 2 aromatic rings. The van der Waals surface area contributed by atoms with Crippen LogP contribution in [0.5, 0.6) is 0 Å². The zero-order valence-corrected chi connectivity index (χ0v) is 8.14. The predicted molar refractivity (Wildman–Crippen MR) is 51.8 cm³/mol. The molecule has 2 aromatic heterocycles. The Kier molecular flexibility index (Phi) is 2.24. The van der Waals surface area contributed by atoms with Crippen molar-refractivity contribution in [2.24, 2.45) is 0 Å². The molecule has 0 aliphatic heterocycles. The van der Waals surface area contributed by atoms with E-state index in [0.29, 0.717) is 11.6 Å². The van der Waals surface area contributed by atoms with Crippen LogP contribution in [-0.4, -0.2) is 30.8 Å². The molecule has 0 atom stereocenters. The quantitative estimate of drug-likeness (QED) is 0.767. The molecule has 0 aliphatic carbocycles. The molecule has 15 heavy (non-hydrogen) atoms. The van der Waals surface area contributed by atoms with E-state index in [1.807, 2.05) is 13.0 Å². The third-order valence-corrected chi connectivity index (χ3v) is 1.90. The summed E-state index contributed by atoms with van der Waals surface area (Å²) in [5, 5.41) is 12.7. The Hall–Kier alpha value is -2.11. The lowest BCUT2D eigenvalue weighted by molar-refractivity contribution is -0.136. The Balaban J connectivity index is 2.23. The molecule has 0 spiro atoms. The van der Waals surface area contributed by atoms with Gasteiger partial charge in [0.05, 0.1) is 18.3 Å². The molecular formula is C9H10N4O2. The highest BCUT2D eigenvalue weighted by atomic mass is 16.4. The number of hydrogen-bond donors (Lipinski definition) is 2. The van der Waals surface area contributed by atoms with Crippen molar-refractivity contribution in [3.63, 3.8) is 0 Å². The van der Waals surface area contributed by atoms with E-state index in [1.165, 1.54) is 6.20 Å². The van der Waals surface area contributed by atoms with Gasteiger partial charge in [0.2, 0.25) is 5.95 Å². The molecule has 0 fully saturated rings. The fraction of sp³-hybridized carbons (Fsp3) is 0.222. The third kappa shape index (κ3) is 2.04. The van der Waals surface area contributed by atoms with E-state index >= 15 is 0 Å². The number of aliphatic carboxylic acids is 1. The number of nitrogens with zero attached hydrogens (tertiary/aromatic N) is 3.